The van der Waals surface area contributed by atoms with Crippen LogP contribution in [-0.4, -0.2) is 19.1 Å². The van der Waals surface area contributed by atoms with Crippen molar-refractivity contribution in [2.45, 2.75) is 38.1 Å². The minimum atomic E-state index is 0.776. The second-order valence-corrected chi connectivity index (χ2v) is 5.91. The van der Waals surface area contributed by atoms with E-state index < -0.39 is 0 Å². The maximum Gasteiger partial charge on any atom is 0.0368 e. The molecule has 3 unspecified atom stereocenters. The molecule has 2 saturated carbocycles. The molecule has 2 nitrogen and oxygen atoms in total. The number of rotatable bonds is 5. The van der Waals surface area contributed by atoms with Crippen molar-refractivity contribution in [2.75, 3.05) is 18.0 Å². The molecule has 18 heavy (non-hydrogen) atoms. The van der Waals surface area contributed by atoms with Crippen LogP contribution in [0, 0.1) is 11.8 Å². The molecule has 3 atom stereocenters. The van der Waals surface area contributed by atoms with E-state index in [4.69, 9.17) is 5.73 Å². The van der Waals surface area contributed by atoms with Crippen molar-refractivity contribution in [3.8, 4) is 0 Å². The summed E-state index contributed by atoms with van der Waals surface area (Å²) in [4.78, 5) is 2.64. The fourth-order valence-electron chi connectivity index (χ4n) is 3.96. The van der Waals surface area contributed by atoms with Gasteiger partial charge in [0.15, 0.2) is 0 Å². The van der Waals surface area contributed by atoms with Crippen LogP contribution >= 0.6 is 0 Å². The minimum Gasteiger partial charge on any atom is -0.368 e. The molecule has 2 aliphatic rings. The minimum absolute atomic E-state index is 0.776. The Morgan fingerprint density at radius 3 is 2.56 bits per heavy atom. The first-order chi connectivity index (χ1) is 8.88. The lowest BCUT2D eigenvalue weighted by Gasteiger charge is -2.36. The van der Waals surface area contributed by atoms with Gasteiger partial charge < -0.3 is 10.6 Å². The highest BCUT2D eigenvalue weighted by atomic mass is 15.2. The molecule has 1 aromatic rings. The van der Waals surface area contributed by atoms with Crippen LogP contribution in [0.5, 0.6) is 0 Å². The third-order valence-electron chi connectivity index (χ3n) is 4.79. The van der Waals surface area contributed by atoms with E-state index in [0.29, 0.717) is 0 Å². The summed E-state index contributed by atoms with van der Waals surface area (Å²) >= 11 is 0. The molecule has 2 bridgehead atoms. The number of anilines is 1. The van der Waals surface area contributed by atoms with Crippen molar-refractivity contribution in [1.29, 1.82) is 0 Å². The molecule has 0 aliphatic heterocycles. The van der Waals surface area contributed by atoms with Gasteiger partial charge in [-0.25, -0.2) is 0 Å². The molecule has 3 rings (SSSR count). The number of hydrogen-bond donors (Lipinski definition) is 1. The first kappa shape index (κ1) is 12.0. The Balaban J connectivity index is 1.77. The van der Waals surface area contributed by atoms with E-state index in [2.05, 4.69) is 35.2 Å². The smallest absolute Gasteiger partial charge is 0.0368 e. The van der Waals surface area contributed by atoms with Crippen molar-refractivity contribution < 1.29 is 0 Å². The van der Waals surface area contributed by atoms with Gasteiger partial charge in [-0.15, -0.1) is 0 Å². The molecule has 0 saturated heterocycles. The molecule has 2 N–H and O–H groups in total. The van der Waals surface area contributed by atoms with Crippen molar-refractivity contribution in [2.24, 2.45) is 17.6 Å². The van der Waals surface area contributed by atoms with E-state index in [0.717, 1.165) is 37.4 Å². The summed E-state index contributed by atoms with van der Waals surface area (Å²) < 4.78 is 0. The molecule has 1 aromatic carbocycles. The molecular weight excluding hydrogens is 220 g/mol. The Hall–Kier alpha value is -1.02. The van der Waals surface area contributed by atoms with Crippen LogP contribution in [0.25, 0.3) is 0 Å². The van der Waals surface area contributed by atoms with Crippen LogP contribution in [0.3, 0.4) is 0 Å². The Morgan fingerprint density at radius 2 is 1.94 bits per heavy atom. The molecule has 2 fully saturated rings. The Kier molecular flexibility index (Phi) is 3.55. The monoisotopic (exact) mass is 244 g/mol. The van der Waals surface area contributed by atoms with Gasteiger partial charge in [-0.3, -0.25) is 0 Å². The summed E-state index contributed by atoms with van der Waals surface area (Å²) in [5, 5.41) is 0. The highest BCUT2D eigenvalue weighted by Crippen LogP contribution is 2.47. The first-order valence-corrected chi connectivity index (χ1v) is 7.40. The van der Waals surface area contributed by atoms with Crippen molar-refractivity contribution >= 4 is 5.69 Å². The lowest BCUT2D eigenvalue weighted by Crippen LogP contribution is -2.40. The Bertz CT molecular complexity index is 376. The second kappa shape index (κ2) is 5.31. The van der Waals surface area contributed by atoms with Gasteiger partial charge in [-0.1, -0.05) is 24.6 Å². The molecular formula is C16H24N2. The molecule has 0 amide bonds. The van der Waals surface area contributed by atoms with Crippen LogP contribution < -0.4 is 10.6 Å². The van der Waals surface area contributed by atoms with Gasteiger partial charge in [0, 0.05) is 18.3 Å². The first-order valence-electron chi connectivity index (χ1n) is 7.40. The third kappa shape index (κ3) is 2.26. The zero-order valence-corrected chi connectivity index (χ0v) is 11.1. The van der Waals surface area contributed by atoms with E-state index in [9.17, 15) is 0 Å². The van der Waals surface area contributed by atoms with Gasteiger partial charge in [-0.2, -0.15) is 0 Å². The predicted octanol–water partition coefficient (Wildman–Crippen LogP) is 3.03. The van der Waals surface area contributed by atoms with Gasteiger partial charge in [0.05, 0.1) is 0 Å². The number of hydrogen-bond acceptors (Lipinski definition) is 2. The maximum absolute atomic E-state index is 5.70. The molecule has 98 valence electrons. The highest BCUT2D eigenvalue weighted by Gasteiger charge is 2.42. The third-order valence-corrected chi connectivity index (χ3v) is 4.79. The number of para-hydroxylation sites is 1. The van der Waals surface area contributed by atoms with E-state index >= 15 is 0 Å². The van der Waals surface area contributed by atoms with E-state index in [1.165, 1.54) is 31.4 Å². The zero-order chi connectivity index (χ0) is 12.4. The summed E-state index contributed by atoms with van der Waals surface area (Å²) in [6.07, 6.45) is 6.89. The standard InChI is InChI=1S/C16H24N2/c17-9-4-10-18(15-5-2-1-3-6-15)16-12-13-7-8-14(16)11-13/h1-3,5-6,13-14,16H,4,7-12,17H2. The number of nitrogens with two attached hydrogens (primary N) is 1. The SMILES string of the molecule is NCCCN(c1ccccc1)C1CC2CCC1C2. The van der Waals surface area contributed by atoms with Crippen LogP contribution in [-0.2, 0) is 0 Å². The summed E-state index contributed by atoms with van der Waals surface area (Å²) in [5.74, 6) is 1.94. The lowest BCUT2D eigenvalue weighted by molar-refractivity contribution is 0.391. The summed E-state index contributed by atoms with van der Waals surface area (Å²) in [6.45, 7) is 1.92. The van der Waals surface area contributed by atoms with Gasteiger partial charge in [-0.05, 0) is 56.2 Å². The normalized spacial score (nSPS) is 29.7. The quantitative estimate of drug-likeness (QED) is 0.862. The topological polar surface area (TPSA) is 29.3 Å². The lowest BCUT2D eigenvalue weighted by atomic mass is 9.93. The fourth-order valence-corrected chi connectivity index (χ4v) is 3.96. The van der Waals surface area contributed by atoms with Gasteiger partial charge in [0.1, 0.15) is 0 Å². The Morgan fingerprint density at radius 1 is 1.11 bits per heavy atom. The predicted molar refractivity (Wildman–Crippen MR) is 76.7 cm³/mol. The molecule has 2 heteroatoms. The summed E-state index contributed by atoms with van der Waals surface area (Å²) in [6, 6.07) is 11.7. The molecule has 0 heterocycles. The van der Waals surface area contributed by atoms with E-state index in [1.54, 1.807) is 0 Å². The van der Waals surface area contributed by atoms with Gasteiger partial charge >= 0.3 is 0 Å². The molecule has 0 radical (unpaired) electrons. The summed E-state index contributed by atoms with van der Waals surface area (Å²) in [5.41, 5.74) is 7.09. The number of benzene rings is 1. The summed E-state index contributed by atoms with van der Waals surface area (Å²) in [7, 11) is 0. The van der Waals surface area contributed by atoms with Crippen LogP contribution in [0.4, 0.5) is 5.69 Å². The van der Waals surface area contributed by atoms with Crippen molar-refractivity contribution in [1.82, 2.24) is 0 Å². The molecule has 0 aromatic heterocycles. The van der Waals surface area contributed by atoms with Crippen molar-refractivity contribution in [3.05, 3.63) is 30.3 Å². The van der Waals surface area contributed by atoms with Gasteiger partial charge in [0.2, 0.25) is 0 Å². The van der Waals surface area contributed by atoms with Gasteiger partial charge in [0.25, 0.3) is 0 Å². The second-order valence-electron chi connectivity index (χ2n) is 5.91. The highest BCUT2D eigenvalue weighted by molar-refractivity contribution is 5.47. The fraction of sp³-hybridized carbons (Fsp3) is 0.625. The number of nitrogens with zero attached hydrogens (tertiary/aromatic N) is 1. The van der Waals surface area contributed by atoms with E-state index in [1.807, 2.05) is 0 Å². The van der Waals surface area contributed by atoms with Crippen LogP contribution in [0.2, 0.25) is 0 Å². The average Bonchev–Trinajstić information content (AvgIpc) is 3.03. The van der Waals surface area contributed by atoms with Crippen LogP contribution in [0.1, 0.15) is 32.1 Å². The van der Waals surface area contributed by atoms with Crippen LogP contribution in [0.15, 0.2) is 30.3 Å². The largest absolute Gasteiger partial charge is 0.368 e. The van der Waals surface area contributed by atoms with E-state index in [-0.39, 0.29) is 0 Å². The van der Waals surface area contributed by atoms with Crippen molar-refractivity contribution in [3.63, 3.8) is 0 Å². The maximum atomic E-state index is 5.70. The molecule has 2 aliphatic carbocycles. The average molecular weight is 244 g/mol. The Labute approximate surface area is 110 Å². The zero-order valence-electron chi connectivity index (χ0n) is 11.1. The molecule has 0 spiro atoms. The number of fused-ring (bicyclic) bond motifs is 2.